The number of carboxylic acids is 1. The van der Waals surface area contributed by atoms with Crippen molar-refractivity contribution in [2.75, 3.05) is 6.54 Å². The van der Waals surface area contributed by atoms with Gasteiger partial charge in [-0.25, -0.2) is 8.78 Å². The second kappa shape index (κ2) is 9.38. The molecule has 17 heavy (non-hydrogen) atoms. The van der Waals surface area contributed by atoms with Crippen LogP contribution in [0.15, 0.2) is 4.99 Å². The molecule has 0 aromatic heterocycles. The number of hydrogen-bond donors (Lipinski definition) is 3. The first-order chi connectivity index (χ1) is 6.74. The summed E-state index contributed by atoms with van der Waals surface area (Å²) in [6, 6.07) is -1.26. The van der Waals surface area contributed by atoms with E-state index < -0.39 is 30.9 Å². The number of aliphatic imine (C=N–C) groups is 1. The van der Waals surface area contributed by atoms with Gasteiger partial charge in [-0.3, -0.25) is 9.79 Å². The zero-order chi connectivity index (χ0) is 12.1. The first-order valence-electron chi connectivity index (χ1n) is 4.37. The normalized spacial score (nSPS) is 13.3. The molecule has 0 radical (unpaired) electrons. The summed E-state index contributed by atoms with van der Waals surface area (Å²) in [7, 11) is 0. The summed E-state index contributed by atoms with van der Waals surface area (Å²) in [5.74, 6) is -4.28. The molecule has 104 valence electrons. The number of nitrogens with zero attached hydrogens (tertiary/aromatic N) is 1. The second-order valence-corrected chi connectivity index (χ2v) is 3.30. The molecular weight excluding hydrogens is 279 g/mol. The Kier molecular flexibility index (Phi) is 11.9. The van der Waals surface area contributed by atoms with Gasteiger partial charge in [0.1, 0.15) is 12.6 Å². The van der Waals surface area contributed by atoms with Gasteiger partial charge in [0.25, 0.3) is 5.92 Å². The number of aliphatic carboxylic acids is 1. The van der Waals surface area contributed by atoms with Crippen molar-refractivity contribution in [2.24, 2.45) is 16.5 Å². The smallest absolute Gasteiger partial charge is 0.320 e. The highest BCUT2D eigenvalue weighted by atomic mass is 35.5. The van der Waals surface area contributed by atoms with E-state index in [1.54, 1.807) is 0 Å². The lowest BCUT2D eigenvalue weighted by Crippen LogP contribution is -2.33. The van der Waals surface area contributed by atoms with E-state index in [0.717, 1.165) is 0 Å². The lowest BCUT2D eigenvalue weighted by Gasteiger charge is -2.15. The van der Waals surface area contributed by atoms with Crippen LogP contribution < -0.4 is 11.5 Å². The lowest BCUT2D eigenvalue weighted by atomic mass is 10.1. The molecule has 0 heterocycles. The lowest BCUT2D eigenvalue weighted by molar-refractivity contribution is -0.139. The summed E-state index contributed by atoms with van der Waals surface area (Å²) in [5.41, 5.74) is 10.2. The van der Waals surface area contributed by atoms with Gasteiger partial charge in [-0.15, -0.1) is 24.8 Å². The van der Waals surface area contributed by atoms with Crippen molar-refractivity contribution in [3.05, 3.63) is 0 Å². The van der Waals surface area contributed by atoms with Crippen LogP contribution in [0.5, 0.6) is 0 Å². The van der Waals surface area contributed by atoms with Gasteiger partial charge in [-0.05, 0) is 13.3 Å². The van der Waals surface area contributed by atoms with Crippen LogP contribution in [0.2, 0.25) is 0 Å². The molecular formula is C8H17Cl2F2N3O2. The van der Waals surface area contributed by atoms with Crippen molar-refractivity contribution in [1.82, 2.24) is 0 Å². The summed E-state index contributed by atoms with van der Waals surface area (Å²) in [6.45, 7) is 0.667. The van der Waals surface area contributed by atoms with Gasteiger partial charge in [-0.1, -0.05) is 0 Å². The molecule has 0 amide bonds. The Morgan fingerprint density at radius 1 is 1.47 bits per heavy atom. The maximum Gasteiger partial charge on any atom is 0.320 e. The van der Waals surface area contributed by atoms with Crippen molar-refractivity contribution in [2.45, 2.75) is 31.7 Å². The Balaban J connectivity index is -0.000000980. The van der Waals surface area contributed by atoms with Crippen LogP contribution in [0.4, 0.5) is 8.78 Å². The second-order valence-electron chi connectivity index (χ2n) is 3.30. The van der Waals surface area contributed by atoms with Gasteiger partial charge in [0.2, 0.25) is 0 Å². The predicted molar refractivity (Wildman–Crippen MR) is 66.5 cm³/mol. The third-order valence-corrected chi connectivity index (χ3v) is 1.70. The molecule has 0 aromatic carbocycles. The van der Waals surface area contributed by atoms with E-state index in [0.29, 0.717) is 0 Å². The standard InChI is InChI=1S/C8H15F2N3O2.2ClH/c1-5(11)13-4-8(9,10)3-2-6(12)7(14)15;;/h6H,2-4,12H2,1H3,(H2,11,13)(H,14,15);2*1H. The number of hydrogen-bond acceptors (Lipinski definition) is 3. The van der Waals surface area contributed by atoms with Crippen molar-refractivity contribution in [3.8, 4) is 0 Å². The molecule has 0 fully saturated rings. The van der Waals surface area contributed by atoms with Crippen molar-refractivity contribution in [3.63, 3.8) is 0 Å². The van der Waals surface area contributed by atoms with Gasteiger partial charge in [0, 0.05) is 6.42 Å². The topological polar surface area (TPSA) is 102 Å². The molecule has 0 aliphatic carbocycles. The molecule has 0 spiro atoms. The summed E-state index contributed by atoms with van der Waals surface area (Å²) in [5, 5.41) is 8.38. The number of halogens is 4. The van der Waals surface area contributed by atoms with E-state index in [1.807, 2.05) is 0 Å². The minimum Gasteiger partial charge on any atom is -0.480 e. The van der Waals surface area contributed by atoms with E-state index in [4.69, 9.17) is 16.6 Å². The van der Waals surface area contributed by atoms with Gasteiger partial charge in [0.15, 0.2) is 0 Å². The maximum atomic E-state index is 13.0. The zero-order valence-electron chi connectivity index (χ0n) is 9.23. The van der Waals surface area contributed by atoms with E-state index in [-0.39, 0.29) is 37.1 Å². The summed E-state index contributed by atoms with van der Waals surface area (Å²) < 4.78 is 26.0. The fourth-order valence-electron chi connectivity index (χ4n) is 0.810. The van der Waals surface area contributed by atoms with Crippen LogP contribution in [-0.4, -0.2) is 35.4 Å². The number of nitrogens with two attached hydrogens (primary N) is 2. The monoisotopic (exact) mass is 295 g/mol. The molecule has 0 aromatic rings. The Bertz CT molecular complexity index is 261. The molecule has 1 atom stereocenters. The Labute approximate surface area is 110 Å². The van der Waals surface area contributed by atoms with E-state index >= 15 is 0 Å². The van der Waals surface area contributed by atoms with Crippen LogP contribution in [0.25, 0.3) is 0 Å². The molecule has 5 nitrogen and oxygen atoms in total. The molecule has 0 saturated carbocycles. The van der Waals surface area contributed by atoms with Gasteiger partial charge in [-0.2, -0.15) is 0 Å². The van der Waals surface area contributed by atoms with E-state index in [2.05, 4.69) is 4.99 Å². The molecule has 9 heteroatoms. The minimum absolute atomic E-state index is 0. The summed E-state index contributed by atoms with van der Waals surface area (Å²) in [6.07, 6.45) is -0.904. The molecule has 5 N–H and O–H groups in total. The number of amidine groups is 1. The van der Waals surface area contributed by atoms with E-state index in [9.17, 15) is 13.6 Å². The van der Waals surface area contributed by atoms with Gasteiger partial charge < -0.3 is 16.6 Å². The summed E-state index contributed by atoms with van der Waals surface area (Å²) >= 11 is 0. The van der Waals surface area contributed by atoms with Crippen LogP contribution in [-0.2, 0) is 4.79 Å². The number of alkyl halides is 2. The average Bonchev–Trinajstić information content (AvgIpc) is 2.11. The summed E-state index contributed by atoms with van der Waals surface area (Å²) in [4.78, 5) is 13.6. The van der Waals surface area contributed by atoms with Crippen molar-refractivity contribution >= 4 is 36.6 Å². The Morgan fingerprint density at radius 2 is 1.94 bits per heavy atom. The highest BCUT2D eigenvalue weighted by molar-refractivity contribution is 5.85. The first kappa shape index (κ1) is 21.6. The fourth-order valence-corrected chi connectivity index (χ4v) is 0.810. The third kappa shape index (κ3) is 11.6. The Hall–Kier alpha value is -0.660. The fraction of sp³-hybridized carbons (Fsp3) is 0.750. The quantitative estimate of drug-likeness (QED) is 0.503. The number of carboxylic acid groups (broad SMARTS) is 1. The molecule has 0 aliphatic heterocycles. The molecule has 0 bridgehead atoms. The highest BCUT2D eigenvalue weighted by Gasteiger charge is 2.30. The third-order valence-electron chi connectivity index (χ3n) is 1.70. The van der Waals surface area contributed by atoms with Crippen LogP contribution in [0.3, 0.4) is 0 Å². The predicted octanol–water partition coefficient (Wildman–Crippen LogP) is 1.03. The van der Waals surface area contributed by atoms with Crippen LogP contribution in [0.1, 0.15) is 19.8 Å². The van der Waals surface area contributed by atoms with Crippen LogP contribution >= 0.6 is 24.8 Å². The van der Waals surface area contributed by atoms with Gasteiger partial charge in [0.05, 0.1) is 5.84 Å². The maximum absolute atomic E-state index is 13.0. The SMILES string of the molecule is CC(N)=NCC(F)(F)CCC(N)C(=O)O.Cl.Cl. The van der Waals surface area contributed by atoms with Crippen molar-refractivity contribution in [1.29, 1.82) is 0 Å². The molecule has 1 unspecified atom stereocenters. The minimum atomic E-state index is -3.06. The highest BCUT2D eigenvalue weighted by Crippen LogP contribution is 2.21. The average molecular weight is 296 g/mol. The number of carbonyl (C=O) groups is 1. The first-order valence-corrected chi connectivity index (χ1v) is 4.37. The van der Waals surface area contributed by atoms with Crippen molar-refractivity contribution < 1.29 is 18.7 Å². The zero-order valence-corrected chi connectivity index (χ0v) is 10.9. The van der Waals surface area contributed by atoms with Gasteiger partial charge >= 0.3 is 5.97 Å². The van der Waals surface area contributed by atoms with Crippen LogP contribution in [0, 0.1) is 0 Å². The largest absolute Gasteiger partial charge is 0.480 e. The molecule has 0 aliphatic rings. The number of rotatable bonds is 6. The molecule has 0 saturated heterocycles. The van der Waals surface area contributed by atoms with E-state index in [1.165, 1.54) is 6.92 Å². The molecule has 0 rings (SSSR count). The Morgan fingerprint density at radius 3 is 2.29 bits per heavy atom.